The van der Waals surface area contributed by atoms with Gasteiger partial charge in [-0.3, -0.25) is 4.79 Å². The van der Waals surface area contributed by atoms with Crippen molar-refractivity contribution in [1.29, 1.82) is 0 Å². The zero-order chi connectivity index (χ0) is 23.2. The van der Waals surface area contributed by atoms with Crippen LogP contribution >= 0.6 is 12.6 Å². The van der Waals surface area contributed by atoms with E-state index in [1.807, 2.05) is 0 Å². The van der Waals surface area contributed by atoms with Crippen LogP contribution in [0.5, 0.6) is 0 Å². The van der Waals surface area contributed by atoms with Crippen LogP contribution < -0.4 is 0 Å². The number of aldehydes is 1. The van der Waals surface area contributed by atoms with E-state index in [0.29, 0.717) is 12.3 Å². The normalized spacial score (nSPS) is 13.5. The van der Waals surface area contributed by atoms with Crippen LogP contribution in [0.1, 0.15) is 97.3 Å². The van der Waals surface area contributed by atoms with Crippen molar-refractivity contribution in [3.63, 3.8) is 0 Å². The number of allylic oxidation sites excluding steroid dienone is 4. The van der Waals surface area contributed by atoms with E-state index < -0.39 is 12.2 Å². The van der Waals surface area contributed by atoms with E-state index in [4.69, 9.17) is 4.74 Å². The summed E-state index contributed by atoms with van der Waals surface area (Å²) in [6.07, 6.45) is 23.1. The molecule has 0 aromatic rings. The molecule has 0 aromatic heterocycles. The van der Waals surface area contributed by atoms with Gasteiger partial charge in [0.2, 0.25) is 0 Å². The van der Waals surface area contributed by atoms with Gasteiger partial charge in [0.05, 0.1) is 0 Å². The molecule has 0 fully saturated rings. The van der Waals surface area contributed by atoms with Gasteiger partial charge >= 0.3 is 6.09 Å². The molecular weight excluding hydrogens is 406 g/mol. The standard InChI is InChI=1S/C26H47NO3S/c1-4-6-8-10-11-12-13-14-16-18-20-24(19-17-15-9-7-5-2)25(23-28)30-26(29)27(3)21-22-31/h6,8,11-12,23-25,31H,4-5,7,9-10,13-22H2,1-3H3/b8-6+,12-11+. The van der Waals surface area contributed by atoms with Gasteiger partial charge in [-0.15, -0.1) is 0 Å². The number of thiol groups is 1. The van der Waals surface area contributed by atoms with Crippen LogP contribution in [0.15, 0.2) is 24.3 Å². The molecule has 180 valence electrons. The van der Waals surface area contributed by atoms with Crippen molar-refractivity contribution in [2.45, 2.75) is 103 Å². The Morgan fingerprint density at radius 1 is 0.935 bits per heavy atom. The minimum Gasteiger partial charge on any atom is -0.438 e. The highest BCUT2D eigenvalue weighted by Crippen LogP contribution is 2.23. The van der Waals surface area contributed by atoms with Crippen molar-refractivity contribution in [2.24, 2.45) is 5.92 Å². The molecular formula is C26H47NO3S. The largest absolute Gasteiger partial charge is 0.438 e. The molecule has 2 atom stereocenters. The zero-order valence-electron chi connectivity index (χ0n) is 20.3. The van der Waals surface area contributed by atoms with Crippen molar-refractivity contribution in [2.75, 3.05) is 19.3 Å². The summed E-state index contributed by atoms with van der Waals surface area (Å²) < 4.78 is 5.56. The zero-order valence-corrected chi connectivity index (χ0v) is 21.2. The lowest BCUT2D eigenvalue weighted by molar-refractivity contribution is -0.118. The van der Waals surface area contributed by atoms with Gasteiger partial charge in [-0.2, -0.15) is 12.6 Å². The summed E-state index contributed by atoms with van der Waals surface area (Å²) in [6, 6.07) is 0. The van der Waals surface area contributed by atoms with E-state index in [1.165, 1.54) is 30.6 Å². The minimum atomic E-state index is -0.647. The summed E-state index contributed by atoms with van der Waals surface area (Å²) in [5.41, 5.74) is 0. The van der Waals surface area contributed by atoms with Crippen LogP contribution in [0, 0.1) is 5.92 Å². The Hall–Kier alpha value is -1.23. The Morgan fingerprint density at radius 3 is 2.19 bits per heavy atom. The number of amides is 1. The average molecular weight is 454 g/mol. The topological polar surface area (TPSA) is 46.6 Å². The average Bonchev–Trinajstić information content (AvgIpc) is 2.77. The van der Waals surface area contributed by atoms with Crippen LogP contribution in [-0.4, -0.2) is 42.7 Å². The molecule has 0 saturated heterocycles. The van der Waals surface area contributed by atoms with Crippen LogP contribution in [0.4, 0.5) is 4.79 Å². The Labute approximate surface area is 197 Å². The molecule has 0 N–H and O–H groups in total. The van der Waals surface area contributed by atoms with E-state index >= 15 is 0 Å². The summed E-state index contributed by atoms with van der Waals surface area (Å²) >= 11 is 4.16. The summed E-state index contributed by atoms with van der Waals surface area (Å²) in [5, 5.41) is 0. The van der Waals surface area contributed by atoms with Crippen molar-refractivity contribution in [3.05, 3.63) is 24.3 Å². The van der Waals surface area contributed by atoms with Crippen LogP contribution in [0.25, 0.3) is 0 Å². The highest BCUT2D eigenvalue weighted by Gasteiger charge is 2.25. The van der Waals surface area contributed by atoms with Crippen molar-refractivity contribution < 1.29 is 14.3 Å². The van der Waals surface area contributed by atoms with Gasteiger partial charge in [-0.1, -0.05) is 83.1 Å². The molecule has 0 radical (unpaired) electrons. The van der Waals surface area contributed by atoms with Crippen LogP contribution in [-0.2, 0) is 9.53 Å². The number of carbonyl (C=O) groups is 2. The number of hydrogen-bond donors (Lipinski definition) is 1. The molecule has 0 heterocycles. The highest BCUT2D eigenvalue weighted by molar-refractivity contribution is 7.80. The smallest absolute Gasteiger partial charge is 0.410 e. The Bertz CT molecular complexity index is 493. The SMILES string of the molecule is CC/C=C/C/C=C/CCCCCC(CCCCCCC)C(C=O)OC(=O)N(C)CCS. The second-order valence-corrected chi connectivity index (χ2v) is 8.76. The molecule has 4 nitrogen and oxygen atoms in total. The third-order valence-electron chi connectivity index (χ3n) is 5.55. The first-order chi connectivity index (χ1) is 15.1. The fourth-order valence-corrected chi connectivity index (χ4v) is 3.87. The second kappa shape index (κ2) is 22.0. The van der Waals surface area contributed by atoms with Crippen molar-refractivity contribution in [3.8, 4) is 0 Å². The third-order valence-corrected chi connectivity index (χ3v) is 5.75. The van der Waals surface area contributed by atoms with E-state index in [1.54, 1.807) is 7.05 Å². The van der Waals surface area contributed by atoms with E-state index in [2.05, 4.69) is 50.8 Å². The minimum absolute atomic E-state index is 0.113. The maximum atomic E-state index is 12.3. The number of hydrogen-bond acceptors (Lipinski definition) is 4. The molecule has 5 heteroatoms. The van der Waals surface area contributed by atoms with E-state index in [-0.39, 0.29) is 5.92 Å². The molecule has 1 amide bonds. The molecule has 0 rings (SSSR count). The third kappa shape index (κ3) is 17.1. The van der Waals surface area contributed by atoms with Gasteiger partial charge in [0, 0.05) is 25.3 Å². The molecule has 0 bridgehead atoms. The van der Waals surface area contributed by atoms with Crippen LogP contribution in [0.3, 0.4) is 0 Å². The van der Waals surface area contributed by atoms with E-state index in [9.17, 15) is 9.59 Å². The summed E-state index contributed by atoms with van der Waals surface area (Å²) in [4.78, 5) is 25.5. The van der Waals surface area contributed by atoms with Gasteiger partial charge in [0.15, 0.2) is 12.4 Å². The predicted molar refractivity (Wildman–Crippen MR) is 136 cm³/mol. The Kier molecular flexibility index (Phi) is 21.1. The summed E-state index contributed by atoms with van der Waals surface area (Å²) in [6.45, 7) is 4.87. The number of rotatable bonds is 20. The molecule has 0 spiro atoms. The van der Waals surface area contributed by atoms with Gasteiger partial charge in [0.25, 0.3) is 0 Å². The van der Waals surface area contributed by atoms with Crippen LogP contribution in [0.2, 0.25) is 0 Å². The molecule has 0 aliphatic heterocycles. The molecule has 0 aliphatic carbocycles. The molecule has 0 aliphatic rings. The molecule has 0 aromatic carbocycles. The maximum absolute atomic E-state index is 12.3. The second-order valence-electron chi connectivity index (χ2n) is 8.32. The summed E-state index contributed by atoms with van der Waals surface area (Å²) in [7, 11) is 1.69. The lowest BCUT2D eigenvalue weighted by atomic mass is 9.90. The molecule has 31 heavy (non-hydrogen) atoms. The highest BCUT2D eigenvalue weighted by atomic mass is 32.1. The number of carbonyl (C=O) groups excluding carboxylic acids is 2. The Balaban J connectivity index is 4.50. The quantitative estimate of drug-likeness (QED) is 0.0904. The monoisotopic (exact) mass is 453 g/mol. The van der Waals surface area contributed by atoms with Crippen molar-refractivity contribution in [1.82, 2.24) is 4.90 Å². The summed E-state index contributed by atoms with van der Waals surface area (Å²) in [5.74, 6) is 0.684. The fourth-order valence-electron chi connectivity index (χ4n) is 3.57. The van der Waals surface area contributed by atoms with Gasteiger partial charge in [-0.05, 0) is 38.5 Å². The van der Waals surface area contributed by atoms with Gasteiger partial charge in [0.1, 0.15) is 0 Å². The van der Waals surface area contributed by atoms with Crippen molar-refractivity contribution >= 4 is 25.0 Å². The fraction of sp³-hybridized carbons (Fsp3) is 0.769. The Morgan fingerprint density at radius 2 is 1.58 bits per heavy atom. The van der Waals surface area contributed by atoms with Gasteiger partial charge < -0.3 is 9.64 Å². The first kappa shape index (κ1) is 29.8. The first-order valence-electron chi connectivity index (χ1n) is 12.4. The van der Waals surface area contributed by atoms with Gasteiger partial charge in [-0.25, -0.2) is 4.79 Å². The number of nitrogens with zero attached hydrogens (tertiary/aromatic N) is 1. The number of ether oxygens (including phenoxy) is 1. The molecule has 0 saturated carbocycles. The molecule has 2 unspecified atom stereocenters. The first-order valence-corrected chi connectivity index (χ1v) is 13.0. The lowest BCUT2D eigenvalue weighted by Gasteiger charge is -2.25. The number of unbranched alkanes of at least 4 members (excludes halogenated alkanes) is 7. The predicted octanol–water partition coefficient (Wildman–Crippen LogP) is 7.39. The maximum Gasteiger partial charge on any atom is 0.410 e. The lowest BCUT2D eigenvalue weighted by Crippen LogP contribution is -2.36. The van der Waals surface area contributed by atoms with E-state index in [0.717, 1.165) is 64.1 Å².